The fourth-order valence-electron chi connectivity index (χ4n) is 6.91. The quantitative estimate of drug-likeness (QED) is 0.246. The van der Waals surface area contributed by atoms with Crippen molar-refractivity contribution in [3.8, 4) is 11.5 Å². The molecule has 2 bridgehead atoms. The van der Waals surface area contributed by atoms with E-state index in [-0.39, 0.29) is 11.8 Å². The molecule has 7 rings (SSSR count). The molecule has 0 radical (unpaired) electrons. The molecule has 3 saturated heterocycles. The number of methoxy groups -OCH3 is 2. The van der Waals surface area contributed by atoms with Crippen molar-refractivity contribution in [3.05, 3.63) is 126 Å². The number of amides is 2. The van der Waals surface area contributed by atoms with E-state index < -0.39 is 41.9 Å². The molecule has 0 saturated carbocycles. The Morgan fingerprint density at radius 3 is 1.63 bits per heavy atom. The fraction of sp³-hybridized carbons (Fsp3) is 0.257. The smallest absolute Gasteiger partial charge is 0.240 e. The van der Waals surface area contributed by atoms with E-state index >= 15 is 0 Å². The molecule has 0 aromatic heterocycles. The summed E-state index contributed by atoms with van der Waals surface area (Å²) in [5.41, 5.74) is 1.68. The maximum Gasteiger partial charge on any atom is 0.240 e. The largest absolute Gasteiger partial charge is 0.497 e. The Labute approximate surface area is 249 Å². The van der Waals surface area contributed by atoms with E-state index in [2.05, 4.69) is 0 Å². The lowest BCUT2D eigenvalue weighted by molar-refractivity contribution is -0.139. The molecule has 8 nitrogen and oxygen atoms in total. The van der Waals surface area contributed by atoms with Gasteiger partial charge in [-0.25, -0.2) is 4.90 Å². The van der Waals surface area contributed by atoms with E-state index in [4.69, 9.17) is 18.9 Å². The van der Waals surface area contributed by atoms with E-state index in [0.29, 0.717) is 17.2 Å². The third-order valence-corrected chi connectivity index (χ3v) is 8.92. The van der Waals surface area contributed by atoms with Crippen LogP contribution >= 0.6 is 0 Å². The first-order chi connectivity index (χ1) is 21.0. The number of carbonyl (C=O) groups is 2. The van der Waals surface area contributed by atoms with Gasteiger partial charge in [-0.1, -0.05) is 72.8 Å². The zero-order valence-electron chi connectivity index (χ0n) is 23.7. The summed E-state index contributed by atoms with van der Waals surface area (Å²) in [6, 6.07) is 33.8. The Morgan fingerprint density at radius 1 is 0.651 bits per heavy atom. The Hall–Kier alpha value is -4.50. The number of rotatable bonds is 8. The van der Waals surface area contributed by atoms with Crippen molar-refractivity contribution in [2.45, 2.75) is 30.0 Å². The van der Waals surface area contributed by atoms with Crippen LogP contribution in [0.3, 0.4) is 0 Å². The molecule has 8 heteroatoms. The molecule has 6 atom stereocenters. The molecular formula is C35H31NO7. The molecule has 218 valence electrons. The second-order valence-corrected chi connectivity index (χ2v) is 11.0. The highest BCUT2D eigenvalue weighted by Gasteiger charge is 2.70. The number of fused-ring (bicyclic) bond motifs is 5. The number of ether oxygens (including phenoxy) is 4. The summed E-state index contributed by atoms with van der Waals surface area (Å²) >= 11 is 0. The second-order valence-electron chi connectivity index (χ2n) is 11.0. The van der Waals surface area contributed by atoms with Crippen molar-refractivity contribution < 1.29 is 33.6 Å². The Kier molecular flexibility index (Phi) is 6.77. The molecule has 3 aliphatic heterocycles. The Bertz CT molecular complexity index is 1580. The first kappa shape index (κ1) is 27.3. The average molecular weight is 578 g/mol. The minimum atomic E-state index is -1.22. The van der Waals surface area contributed by atoms with Crippen molar-refractivity contribution in [2.75, 3.05) is 19.1 Å². The van der Waals surface area contributed by atoms with Crippen LogP contribution in [0.1, 0.15) is 16.7 Å². The molecule has 3 heterocycles. The number of aliphatic hydroxyl groups is 1. The van der Waals surface area contributed by atoms with E-state index in [1.165, 1.54) is 4.90 Å². The van der Waals surface area contributed by atoms with Crippen molar-refractivity contribution in [3.63, 3.8) is 0 Å². The minimum absolute atomic E-state index is 0.339. The van der Waals surface area contributed by atoms with Gasteiger partial charge >= 0.3 is 0 Å². The standard InChI is InChI=1S/C35H31NO7/c1-40-25-17-13-22(14-18-25)35(21-9-5-3-6-10-21,23-15-19-26(41-2)20-16-23)43-32-29(37)30-27-28(31(32)42-30)34(39)36(33(27)38)24-11-7-4-8-12-24/h3-20,27-32,37H,1-2H3/t27-,28+,29-,30-,31+,32-/m0/s1. The van der Waals surface area contributed by atoms with Crippen LogP contribution in [0, 0.1) is 11.8 Å². The summed E-state index contributed by atoms with van der Waals surface area (Å²) in [7, 11) is 3.22. The first-order valence-electron chi connectivity index (χ1n) is 14.3. The van der Waals surface area contributed by atoms with Crippen LogP contribution in [0.2, 0.25) is 0 Å². The lowest BCUT2D eigenvalue weighted by Gasteiger charge is -2.41. The zero-order valence-corrected chi connectivity index (χ0v) is 23.7. The van der Waals surface area contributed by atoms with Crippen LogP contribution in [0.15, 0.2) is 109 Å². The summed E-state index contributed by atoms with van der Waals surface area (Å²) in [4.78, 5) is 28.6. The van der Waals surface area contributed by atoms with E-state index in [1.54, 1.807) is 38.5 Å². The predicted octanol–water partition coefficient (Wildman–Crippen LogP) is 4.33. The highest BCUT2D eigenvalue weighted by atomic mass is 16.6. The van der Waals surface area contributed by atoms with Gasteiger partial charge in [0.2, 0.25) is 11.8 Å². The number of para-hydroxylation sites is 1. The summed E-state index contributed by atoms with van der Waals surface area (Å²) in [6.07, 6.45) is -3.75. The fourth-order valence-corrected chi connectivity index (χ4v) is 6.91. The predicted molar refractivity (Wildman–Crippen MR) is 158 cm³/mol. The Balaban J connectivity index is 1.34. The molecule has 4 aromatic rings. The van der Waals surface area contributed by atoms with E-state index in [0.717, 1.165) is 16.7 Å². The maximum atomic E-state index is 13.8. The van der Waals surface area contributed by atoms with Gasteiger partial charge in [0.25, 0.3) is 0 Å². The highest BCUT2D eigenvalue weighted by Crippen LogP contribution is 2.53. The lowest BCUT2D eigenvalue weighted by Crippen LogP contribution is -2.52. The summed E-state index contributed by atoms with van der Waals surface area (Å²) in [5, 5.41) is 11.7. The number of carbonyl (C=O) groups excluding carboxylic acids is 2. The molecule has 0 unspecified atom stereocenters. The molecule has 3 fully saturated rings. The molecule has 2 amide bonds. The van der Waals surface area contributed by atoms with Gasteiger partial charge in [0.05, 0.1) is 44.0 Å². The third-order valence-electron chi connectivity index (χ3n) is 8.92. The molecule has 43 heavy (non-hydrogen) atoms. The normalized spacial score (nSPS) is 26.1. The first-order valence-corrected chi connectivity index (χ1v) is 14.3. The Morgan fingerprint density at radius 2 is 1.12 bits per heavy atom. The van der Waals surface area contributed by atoms with Crippen molar-refractivity contribution in [2.24, 2.45) is 11.8 Å². The number of hydrogen-bond donors (Lipinski definition) is 1. The molecule has 0 spiro atoms. The number of anilines is 1. The highest BCUT2D eigenvalue weighted by molar-refractivity contribution is 6.22. The maximum absolute atomic E-state index is 13.8. The van der Waals surface area contributed by atoms with Gasteiger partial charge in [-0.3, -0.25) is 9.59 Å². The zero-order chi connectivity index (χ0) is 29.7. The molecular weight excluding hydrogens is 546 g/mol. The third kappa shape index (κ3) is 4.17. The lowest BCUT2D eigenvalue weighted by atomic mass is 9.76. The van der Waals surface area contributed by atoms with Gasteiger partial charge in [-0.15, -0.1) is 0 Å². The second kappa shape index (κ2) is 10.6. The van der Waals surface area contributed by atoms with Gasteiger partial charge in [-0.05, 0) is 53.1 Å². The van der Waals surface area contributed by atoms with Crippen LogP contribution in [-0.4, -0.2) is 55.6 Å². The molecule has 1 N–H and O–H groups in total. The van der Waals surface area contributed by atoms with E-state index in [9.17, 15) is 14.7 Å². The number of nitrogens with zero attached hydrogens (tertiary/aromatic N) is 1. The number of aliphatic hydroxyl groups excluding tert-OH is 1. The van der Waals surface area contributed by atoms with Crippen LogP contribution < -0.4 is 14.4 Å². The van der Waals surface area contributed by atoms with Gasteiger partial charge in [0.15, 0.2) is 0 Å². The summed E-state index contributed by atoms with van der Waals surface area (Å²) in [5.74, 6) is -0.878. The minimum Gasteiger partial charge on any atom is -0.497 e. The van der Waals surface area contributed by atoms with Crippen LogP contribution in [0.4, 0.5) is 5.69 Å². The van der Waals surface area contributed by atoms with Gasteiger partial charge in [0.1, 0.15) is 29.3 Å². The van der Waals surface area contributed by atoms with Gasteiger partial charge in [0, 0.05) is 0 Å². The topological polar surface area (TPSA) is 94.5 Å². The van der Waals surface area contributed by atoms with Crippen molar-refractivity contribution in [1.29, 1.82) is 0 Å². The average Bonchev–Trinajstić information content (AvgIpc) is 3.69. The monoisotopic (exact) mass is 577 g/mol. The van der Waals surface area contributed by atoms with Crippen LogP contribution in [-0.2, 0) is 24.7 Å². The molecule has 0 aliphatic carbocycles. The summed E-state index contributed by atoms with van der Waals surface area (Å²) in [6.45, 7) is 0. The van der Waals surface area contributed by atoms with Crippen LogP contribution in [0.25, 0.3) is 0 Å². The summed E-state index contributed by atoms with van der Waals surface area (Å²) < 4.78 is 24.3. The SMILES string of the molecule is COc1ccc(C(O[C@H]2[C@@H](O)[C@H]3O[C@@H]2[C@@H]2C(=O)N(c4ccccc4)C(=O)[C@H]32)(c2ccccc2)c2ccc(OC)cc2)cc1. The van der Waals surface area contributed by atoms with Gasteiger partial charge in [-0.2, -0.15) is 0 Å². The van der Waals surface area contributed by atoms with Crippen molar-refractivity contribution in [1.82, 2.24) is 0 Å². The number of imide groups is 1. The van der Waals surface area contributed by atoms with Crippen molar-refractivity contribution >= 4 is 17.5 Å². The van der Waals surface area contributed by atoms with Gasteiger partial charge < -0.3 is 24.1 Å². The number of hydrogen-bond acceptors (Lipinski definition) is 7. The molecule has 3 aliphatic rings. The number of benzene rings is 4. The van der Waals surface area contributed by atoms with E-state index in [1.807, 2.05) is 84.9 Å². The van der Waals surface area contributed by atoms with Crippen LogP contribution in [0.5, 0.6) is 11.5 Å². The molecule has 4 aromatic carbocycles.